The molecule has 0 amide bonds. The highest BCUT2D eigenvalue weighted by molar-refractivity contribution is 7.89. The molecule has 6 nitrogen and oxygen atoms in total. The van der Waals surface area contributed by atoms with Crippen molar-refractivity contribution in [2.45, 2.75) is 24.5 Å². The molecule has 0 saturated heterocycles. The predicted molar refractivity (Wildman–Crippen MR) is 73.1 cm³/mol. The molecular weight excluding hydrogens is 278 g/mol. The molecule has 0 aliphatic rings. The third kappa shape index (κ3) is 3.60. The molecule has 7 heteroatoms. The lowest BCUT2D eigenvalue weighted by Crippen LogP contribution is -2.23. The van der Waals surface area contributed by atoms with Crippen LogP contribution in [-0.2, 0) is 16.6 Å². The van der Waals surface area contributed by atoms with Gasteiger partial charge in [0.05, 0.1) is 23.2 Å². The maximum atomic E-state index is 12.1. The summed E-state index contributed by atoms with van der Waals surface area (Å²) in [5, 5.41) is 9.39. The third-order valence-corrected chi connectivity index (χ3v) is 4.18. The average Bonchev–Trinajstić information content (AvgIpc) is 2.46. The summed E-state index contributed by atoms with van der Waals surface area (Å²) < 4.78 is 26.6. The smallest absolute Gasteiger partial charge is 0.240 e. The van der Waals surface area contributed by atoms with Crippen LogP contribution in [0, 0.1) is 0 Å². The van der Waals surface area contributed by atoms with Crippen molar-refractivity contribution >= 4 is 10.0 Å². The van der Waals surface area contributed by atoms with Crippen molar-refractivity contribution in [3.63, 3.8) is 0 Å². The molecule has 2 rings (SSSR count). The Morgan fingerprint density at radius 1 is 1.25 bits per heavy atom. The predicted octanol–water partition coefficient (Wildman–Crippen LogP) is 1.01. The van der Waals surface area contributed by atoms with Gasteiger partial charge >= 0.3 is 0 Å². The number of aliphatic hydroxyl groups excluding tert-OH is 1. The molecule has 1 aromatic heterocycles. The Morgan fingerprint density at radius 3 is 2.50 bits per heavy atom. The Bertz CT molecular complexity index is 655. The quantitative estimate of drug-likeness (QED) is 0.858. The van der Waals surface area contributed by atoms with Crippen LogP contribution in [0.25, 0.3) is 0 Å². The molecule has 0 aliphatic carbocycles. The van der Waals surface area contributed by atoms with Crippen LogP contribution >= 0.6 is 0 Å². The van der Waals surface area contributed by atoms with E-state index in [0.29, 0.717) is 11.3 Å². The number of hydrogen-bond acceptors (Lipinski definition) is 5. The lowest BCUT2D eigenvalue weighted by atomic mass is 10.1. The number of benzene rings is 1. The van der Waals surface area contributed by atoms with Gasteiger partial charge in [0, 0.05) is 6.20 Å². The van der Waals surface area contributed by atoms with E-state index in [4.69, 9.17) is 0 Å². The van der Waals surface area contributed by atoms with E-state index in [0.717, 1.165) is 0 Å². The molecule has 0 bridgehead atoms. The van der Waals surface area contributed by atoms with Gasteiger partial charge in [0.15, 0.2) is 0 Å². The molecule has 2 aromatic rings. The van der Waals surface area contributed by atoms with E-state index in [9.17, 15) is 13.5 Å². The van der Waals surface area contributed by atoms with Crippen molar-refractivity contribution in [2.75, 3.05) is 0 Å². The fourth-order valence-corrected chi connectivity index (χ4v) is 2.60. The summed E-state index contributed by atoms with van der Waals surface area (Å²) in [5.74, 6) is 0. The van der Waals surface area contributed by atoms with Crippen LogP contribution in [0.5, 0.6) is 0 Å². The molecule has 0 fully saturated rings. The second-order valence-electron chi connectivity index (χ2n) is 4.27. The normalized spacial score (nSPS) is 13.1. The van der Waals surface area contributed by atoms with Gasteiger partial charge in [-0.25, -0.2) is 23.1 Å². The zero-order valence-electron chi connectivity index (χ0n) is 10.9. The molecule has 1 heterocycles. The Morgan fingerprint density at radius 2 is 1.95 bits per heavy atom. The highest BCUT2D eigenvalue weighted by Crippen LogP contribution is 2.15. The van der Waals surface area contributed by atoms with Gasteiger partial charge < -0.3 is 5.11 Å². The summed E-state index contributed by atoms with van der Waals surface area (Å²) in [6.07, 6.45) is 2.29. The number of aliphatic hydroxyl groups is 1. The molecule has 0 aliphatic heterocycles. The van der Waals surface area contributed by atoms with Gasteiger partial charge in [0.25, 0.3) is 0 Å². The summed E-state index contributed by atoms with van der Waals surface area (Å²) in [5.41, 5.74) is 1.25. The fraction of sp³-hybridized carbons (Fsp3) is 0.231. The second-order valence-corrected chi connectivity index (χ2v) is 6.04. The summed E-state index contributed by atoms with van der Waals surface area (Å²) in [6.45, 7) is 1.72. The first kappa shape index (κ1) is 14.6. The van der Waals surface area contributed by atoms with E-state index < -0.39 is 16.1 Å². The molecular formula is C13H15N3O3S. The number of nitrogens with one attached hydrogen (secondary N) is 1. The van der Waals surface area contributed by atoms with Crippen LogP contribution in [0.1, 0.15) is 24.3 Å². The maximum absolute atomic E-state index is 12.1. The lowest BCUT2D eigenvalue weighted by Gasteiger charge is -2.08. The fourth-order valence-electron chi connectivity index (χ4n) is 1.60. The summed E-state index contributed by atoms with van der Waals surface area (Å²) in [6, 6.07) is 7.74. The van der Waals surface area contributed by atoms with Crippen LogP contribution in [0.2, 0.25) is 0 Å². The van der Waals surface area contributed by atoms with Crippen LogP contribution in [-0.4, -0.2) is 23.5 Å². The van der Waals surface area contributed by atoms with Crippen LogP contribution in [0.3, 0.4) is 0 Å². The first-order chi connectivity index (χ1) is 9.49. The van der Waals surface area contributed by atoms with Gasteiger partial charge in [0.1, 0.15) is 6.33 Å². The number of nitrogens with zero attached hydrogens (tertiary/aromatic N) is 2. The number of rotatable bonds is 5. The van der Waals surface area contributed by atoms with Crippen LogP contribution < -0.4 is 4.72 Å². The number of hydrogen-bond donors (Lipinski definition) is 2. The minimum absolute atomic E-state index is 0.100. The summed E-state index contributed by atoms with van der Waals surface area (Å²) in [7, 11) is -3.59. The molecule has 106 valence electrons. The van der Waals surface area contributed by atoms with Crippen molar-refractivity contribution < 1.29 is 13.5 Å². The lowest BCUT2D eigenvalue weighted by molar-refractivity contribution is 0.199. The van der Waals surface area contributed by atoms with Crippen molar-refractivity contribution in [3.8, 4) is 0 Å². The van der Waals surface area contributed by atoms with E-state index in [2.05, 4.69) is 14.7 Å². The van der Waals surface area contributed by atoms with Crippen molar-refractivity contribution in [3.05, 3.63) is 54.1 Å². The SMILES string of the molecule is CC(O)c1ccc(S(=O)(=O)NCc2ccncn2)cc1. The van der Waals surface area contributed by atoms with Gasteiger partial charge in [-0.2, -0.15) is 0 Å². The van der Waals surface area contributed by atoms with Gasteiger partial charge in [0.2, 0.25) is 10.0 Å². The first-order valence-corrected chi connectivity index (χ1v) is 7.50. The van der Waals surface area contributed by atoms with Crippen molar-refractivity contribution in [1.29, 1.82) is 0 Å². The summed E-state index contributed by atoms with van der Waals surface area (Å²) >= 11 is 0. The molecule has 1 unspecified atom stereocenters. The topological polar surface area (TPSA) is 92.2 Å². The molecule has 2 N–H and O–H groups in total. The molecule has 1 aromatic carbocycles. The zero-order chi connectivity index (χ0) is 14.6. The standard InChI is InChI=1S/C13H15N3O3S/c1-10(17)11-2-4-13(5-3-11)20(18,19)16-8-12-6-7-14-9-15-12/h2-7,9-10,16-17H,8H2,1H3. The van der Waals surface area contributed by atoms with E-state index >= 15 is 0 Å². The van der Waals surface area contributed by atoms with Gasteiger partial charge in [-0.15, -0.1) is 0 Å². The number of sulfonamides is 1. The Balaban J connectivity index is 2.10. The Hall–Kier alpha value is -1.83. The Labute approximate surface area is 117 Å². The van der Waals surface area contributed by atoms with Gasteiger partial charge in [-0.05, 0) is 30.7 Å². The first-order valence-electron chi connectivity index (χ1n) is 6.01. The molecule has 1 atom stereocenters. The van der Waals surface area contributed by atoms with Crippen LogP contribution in [0.4, 0.5) is 0 Å². The van der Waals surface area contributed by atoms with Crippen molar-refractivity contribution in [2.24, 2.45) is 0 Å². The van der Waals surface area contributed by atoms with E-state index in [-0.39, 0.29) is 11.4 Å². The minimum atomic E-state index is -3.59. The van der Waals surface area contributed by atoms with Gasteiger partial charge in [-0.3, -0.25) is 0 Å². The van der Waals surface area contributed by atoms with Gasteiger partial charge in [-0.1, -0.05) is 12.1 Å². The molecule has 0 saturated carbocycles. The largest absolute Gasteiger partial charge is 0.389 e. The zero-order valence-corrected chi connectivity index (χ0v) is 11.7. The molecule has 0 spiro atoms. The monoisotopic (exact) mass is 293 g/mol. The maximum Gasteiger partial charge on any atom is 0.240 e. The van der Waals surface area contributed by atoms with E-state index in [1.165, 1.54) is 18.5 Å². The molecule has 0 radical (unpaired) electrons. The third-order valence-electron chi connectivity index (χ3n) is 2.76. The van der Waals surface area contributed by atoms with Crippen LogP contribution in [0.15, 0.2) is 47.8 Å². The highest BCUT2D eigenvalue weighted by atomic mass is 32.2. The molecule has 20 heavy (non-hydrogen) atoms. The van der Waals surface area contributed by atoms with E-state index in [1.807, 2.05) is 0 Å². The highest BCUT2D eigenvalue weighted by Gasteiger charge is 2.14. The van der Waals surface area contributed by atoms with E-state index in [1.54, 1.807) is 31.3 Å². The Kier molecular flexibility index (Phi) is 4.43. The summed E-state index contributed by atoms with van der Waals surface area (Å²) in [4.78, 5) is 7.85. The second kappa shape index (κ2) is 6.08. The average molecular weight is 293 g/mol. The van der Waals surface area contributed by atoms with Crippen molar-refractivity contribution in [1.82, 2.24) is 14.7 Å². The minimum Gasteiger partial charge on any atom is -0.389 e. The number of aromatic nitrogens is 2.